The maximum absolute atomic E-state index is 12.1. The molecule has 20 heavy (non-hydrogen) atoms. The van der Waals surface area contributed by atoms with E-state index in [-0.39, 0.29) is 11.8 Å². The van der Waals surface area contributed by atoms with Crippen molar-refractivity contribution in [2.45, 2.75) is 12.3 Å². The summed E-state index contributed by atoms with van der Waals surface area (Å²) in [6.07, 6.45) is 2.11. The largest absolute Gasteiger partial charge is 0.384 e. The number of hydrogen-bond acceptors (Lipinski definition) is 3. The van der Waals surface area contributed by atoms with Gasteiger partial charge in [-0.3, -0.25) is 4.79 Å². The Bertz CT molecular complexity index is 627. The minimum absolute atomic E-state index is 0.0117. The Balaban J connectivity index is 1.64. The molecule has 2 heterocycles. The van der Waals surface area contributed by atoms with Crippen LogP contribution in [0.3, 0.4) is 0 Å². The predicted molar refractivity (Wildman–Crippen MR) is 82.9 cm³/mol. The second-order valence-corrected chi connectivity index (χ2v) is 5.60. The first-order chi connectivity index (χ1) is 9.72. The summed E-state index contributed by atoms with van der Waals surface area (Å²) in [7, 11) is 0. The van der Waals surface area contributed by atoms with Crippen LogP contribution >= 0.6 is 15.9 Å². The van der Waals surface area contributed by atoms with Crippen LogP contribution < -0.4 is 10.6 Å². The predicted octanol–water partition coefficient (Wildman–Crippen LogP) is 3.38. The van der Waals surface area contributed by atoms with Crippen molar-refractivity contribution in [2.75, 3.05) is 17.2 Å². The fourth-order valence-electron chi connectivity index (χ4n) is 2.42. The molecule has 1 aliphatic rings. The molecule has 2 aromatic rings. The van der Waals surface area contributed by atoms with Gasteiger partial charge in [0, 0.05) is 24.6 Å². The van der Waals surface area contributed by atoms with E-state index in [0.29, 0.717) is 6.42 Å². The summed E-state index contributed by atoms with van der Waals surface area (Å²) in [5.41, 5.74) is 3.07. The second-order valence-electron chi connectivity index (χ2n) is 4.79. The highest BCUT2D eigenvalue weighted by Crippen LogP contribution is 2.33. The quantitative estimate of drug-likeness (QED) is 0.847. The monoisotopic (exact) mass is 331 g/mol. The van der Waals surface area contributed by atoms with Gasteiger partial charge in [-0.15, -0.1) is 0 Å². The number of pyridine rings is 1. The molecule has 1 amide bonds. The van der Waals surface area contributed by atoms with Gasteiger partial charge >= 0.3 is 0 Å². The van der Waals surface area contributed by atoms with Crippen molar-refractivity contribution in [1.82, 2.24) is 4.98 Å². The van der Waals surface area contributed by atoms with E-state index in [1.165, 1.54) is 5.56 Å². The Morgan fingerprint density at radius 1 is 1.35 bits per heavy atom. The van der Waals surface area contributed by atoms with Gasteiger partial charge in [0.1, 0.15) is 4.60 Å². The summed E-state index contributed by atoms with van der Waals surface area (Å²) >= 11 is 3.27. The molecule has 0 bridgehead atoms. The van der Waals surface area contributed by atoms with E-state index >= 15 is 0 Å². The van der Waals surface area contributed by atoms with E-state index in [9.17, 15) is 4.79 Å². The number of carbonyl (C=O) groups excluding carboxylic acids is 1. The smallest absolute Gasteiger partial charge is 0.225 e. The molecule has 3 rings (SSSR count). The Morgan fingerprint density at radius 2 is 2.20 bits per heavy atom. The summed E-state index contributed by atoms with van der Waals surface area (Å²) in [6, 6.07) is 11.8. The number of rotatable bonds is 3. The van der Waals surface area contributed by atoms with Crippen LogP contribution in [0, 0.1) is 0 Å². The third-order valence-electron chi connectivity index (χ3n) is 3.38. The van der Waals surface area contributed by atoms with E-state index in [4.69, 9.17) is 0 Å². The summed E-state index contributed by atoms with van der Waals surface area (Å²) < 4.78 is 0.754. The maximum Gasteiger partial charge on any atom is 0.225 e. The van der Waals surface area contributed by atoms with Gasteiger partial charge < -0.3 is 10.6 Å². The molecule has 0 spiro atoms. The topological polar surface area (TPSA) is 54.0 Å². The lowest BCUT2D eigenvalue weighted by molar-refractivity contribution is -0.116. The number of hydrogen-bond donors (Lipinski definition) is 2. The molecule has 1 aromatic carbocycles. The molecule has 5 heteroatoms. The van der Waals surface area contributed by atoms with E-state index in [0.717, 1.165) is 22.5 Å². The average molecular weight is 332 g/mol. The molecule has 2 N–H and O–H groups in total. The van der Waals surface area contributed by atoms with Crippen molar-refractivity contribution in [2.24, 2.45) is 0 Å². The van der Waals surface area contributed by atoms with Gasteiger partial charge in [-0.1, -0.05) is 18.2 Å². The van der Waals surface area contributed by atoms with Gasteiger partial charge in [-0.05, 0) is 39.7 Å². The number of benzene rings is 1. The molecule has 0 fully saturated rings. The lowest BCUT2D eigenvalue weighted by atomic mass is 9.97. The number of nitrogens with zero attached hydrogens (tertiary/aromatic N) is 1. The van der Waals surface area contributed by atoms with Crippen molar-refractivity contribution in [3.05, 3.63) is 52.8 Å². The van der Waals surface area contributed by atoms with Crippen LogP contribution in [0.5, 0.6) is 0 Å². The standard InChI is InChI=1S/C15H14BrN3O/c16-14-6-5-11(9-18-14)19-15(20)7-10-8-17-13-4-2-1-3-12(10)13/h1-6,9-10,17H,7-8H2,(H,19,20). The van der Waals surface area contributed by atoms with Gasteiger partial charge in [0.05, 0.1) is 11.9 Å². The first kappa shape index (κ1) is 13.1. The Labute approximate surface area is 125 Å². The third kappa shape index (κ3) is 2.82. The van der Waals surface area contributed by atoms with Crippen LogP contribution in [-0.4, -0.2) is 17.4 Å². The zero-order valence-electron chi connectivity index (χ0n) is 10.8. The fourth-order valence-corrected chi connectivity index (χ4v) is 2.66. The number of halogens is 1. The third-order valence-corrected chi connectivity index (χ3v) is 3.85. The average Bonchev–Trinajstić information content (AvgIpc) is 2.85. The van der Waals surface area contributed by atoms with Gasteiger partial charge in [-0.25, -0.2) is 4.98 Å². The molecule has 0 saturated carbocycles. The Hall–Kier alpha value is -1.88. The van der Waals surface area contributed by atoms with E-state index < -0.39 is 0 Å². The van der Waals surface area contributed by atoms with Crippen molar-refractivity contribution in [3.63, 3.8) is 0 Å². The summed E-state index contributed by atoms with van der Waals surface area (Å²) in [4.78, 5) is 16.2. The number of anilines is 2. The highest BCUT2D eigenvalue weighted by molar-refractivity contribution is 9.10. The molecule has 1 aromatic heterocycles. The van der Waals surface area contributed by atoms with E-state index in [1.807, 2.05) is 30.3 Å². The van der Waals surface area contributed by atoms with Gasteiger partial charge in [0.25, 0.3) is 0 Å². The van der Waals surface area contributed by atoms with Gasteiger partial charge in [0.2, 0.25) is 5.91 Å². The SMILES string of the molecule is O=C(CC1CNc2ccccc21)Nc1ccc(Br)nc1. The number of fused-ring (bicyclic) bond motifs is 1. The summed E-state index contributed by atoms with van der Waals surface area (Å²) in [5, 5.41) is 6.21. The first-order valence-electron chi connectivity index (χ1n) is 6.46. The molecule has 1 aliphatic heterocycles. The van der Waals surface area contributed by atoms with Crippen molar-refractivity contribution in [1.29, 1.82) is 0 Å². The second kappa shape index (κ2) is 5.63. The Morgan fingerprint density at radius 3 is 3.00 bits per heavy atom. The van der Waals surface area contributed by atoms with E-state index in [1.54, 1.807) is 6.20 Å². The summed E-state index contributed by atoms with van der Waals surface area (Å²) in [5.74, 6) is 0.243. The van der Waals surface area contributed by atoms with Crippen LogP contribution in [0.1, 0.15) is 17.9 Å². The highest BCUT2D eigenvalue weighted by atomic mass is 79.9. The van der Waals surface area contributed by atoms with Gasteiger partial charge in [0.15, 0.2) is 0 Å². The first-order valence-corrected chi connectivity index (χ1v) is 7.26. The van der Waals surface area contributed by atoms with Crippen molar-refractivity contribution in [3.8, 4) is 0 Å². The minimum atomic E-state index is 0.0117. The Kier molecular flexibility index (Phi) is 3.69. The van der Waals surface area contributed by atoms with Crippen LogP contribution in [0.4, 0.5) is 11.4 Å². The van der Waals surface area contributed by atoms with Crippen LogP contribution in [-0.2, 0) is 4.79 Å². The number of amides is 1. The lowest BCUT2D eigenvalue weighted by Crippen LogP contribution is -2.16. The van der Waals surface area contributed by atoms with Crippen LogP contribution in [0.25, 0.3) is 0 Å². The molecular formula is C15H14BrN3O. The van der Waals surface area contributed by atoms with Gasteiger partial charge in [-0.2, -0.15) is 0 Å². The molecule has 1 atom stereocenters. The molecule has 102 valence electrons. The number of nitrogens with one attached hydrogen (secondary N) is 2. The molecule has 1 unspecified atom stereocenters. The minimum Gasteiger partial charge on any atom is -0.384 e. The van der Waals surface area contributed by atoms with Crippen LogP contribution in [0.2, 0.25) is 0 Å². The van der Waals surface area contributed by atoms with Crippen LogP contribution in [0.15, 0.2) is 47.2 Å². The zero-order valence-corrected chi connectivity index (χ0v) is 12.4. The molecule has 0 aliphatic carbocycles. The molecular weight excluding hydrogens is 318 g/mol. The fraction of sp³-hybridized carbons (Fsp3) is 0.200. The maximum atomic E-state index is 12.1. The van der Waals surface area contributed by atoms with E-state index in [2.05, 4.69) is 37.6 Å². The van der Waals surface area contributed by atoms with Crippen molar-refractivity contribution < 1.29 is 4.79 Å². The lowest BCUT2D eigenvalue weighted by Gasteiger charge is -2.10. The highest BCUT2D eigenvalue weighted by Gasteiger charge is 2.23. The normalized spacial score (nSPS) is 16.4. The molecule has 0 saturated heterocycles. The number of aromatic nitrogens is 1. The molecule has 4 nitrogen and oxygen atoms in total. The number of para-hydroxylation sites is 1. The molecule has 0 radical (unpaired) electrons. The number of carbonyl (C=O) groups is 1. The van der Waals surface area contributed by atoms with Crippen molar-refractivity contribution >= 4 is 33.2 Å². The zero-order chi connectivity index (χ0) is 13.9. The summed E-state index contributed by atoms with van der Waals surface area (Å²) in [6.45, 7) is 0.811.